The normalized spacial score (nSPS) is 15.9. The van der Waals surface area contributed by atoms with Gasteiger partial charge in [-0.1, -0.05) is 30.3 Å². The summed E-state index contributed by atoms with van der Waals surface area (Å²) >= 11 is 0. The Morgan fingerprint density at radius 3 is 2.50 bits per heavy atom. The van der Waals surface area contributed by atoms with E-state index in [9.17, 15) is 0 Å². The average Bonchev–Trinajstić information content (AvgIpc) is 2.37. The van der Waals surface area contributed by atoms with E-state index < -0.39 is 0 Å². The molecule has 16 heavy (non-hydrogen) atoms. The second kappa shape index (κ2) is 6.47. The Hall–Kier alpha value is -1.11. The fraction of sp³-hybridized carbons (Fsp3) is 0.533. The molecule has 0 saturated carbocycles. The second-order valence-corrected chi connectivity index (χ2v) is 4.60. The van der Waals surface area contributed by atoms with E-state index in [1.807, 2.05) is 0 Å². The van der Waals surface area contributed by atoms with Crippen molar-refractivity contribution in [2.75, 3.05) is 6.54 Å². The van der Waals surface area contributed by atoms with Crippen molar-refractivity contribution in [3.8, 4) is 0 Å². The van der Waals surface area contributed by atoms with Crippen LogP contribution in [0.2, 0.25) is 0 Å². The van der Waals surface area contributed by atoms with E-state index in [1.54, 1.807) is 0 Å². The molecular formula is C15H21N. The Labute approximate surface area is 98.6 Å². The van der Waals surface area contributed by atoms with E-state index in [0.29, 0.717) is 0 Å². The SMILES string of the molecule is c1ccc(CCCCC2=NCCCC2)cc1. The molecule has 1 aliphatic rings. The van der Waals surface area contributed by atoms with Crippen LogP contribution in [0.1, 0.15) is 44.1 Å². The molecule has 0 unspecified atom stereocenters. The molecule has 1 aliphatic heterocycles. The van der Waals surface area contributed by atoms with Crippen LogP contribution in [0.3, 0.4) is 0 Å². The van der Waals surface area contributed by atoms with Crippen molar-refractivity contribution in [3.63, 3.8) is 0 Å². The summed E-state index contributed by atoms with van der Waals surface area (Å²) in [5.41, 5.74) is 2.94. The third kappa shape index (κ3) is 3.80. The summed E-state index contributed by atoms with van der Waals surface area (Å²) in [6.45, 7) is 1.08. The highest BCUT2D eigenvalue weighted by Crippen LogP contribution is 2.12. The molecule has 86 valence electrons. The number of aryl methyl sites for hydroxylation is 1. The lowest BCUT2D eigenvalue weighted by atomic mass is 10.0. The zero-order valence-electron chi connectivity index (χ0n) is 9.99. The van der Waals surface area contributed by atoms with Gasteiger partial charge in [0.2, 0.25) is 0 Å². The van der Waals surface area contributed by atoms with E-state index >= 15 is 0 Å². The highest BCUT2D eigenvalue weighted by Gasteiger charge is 2.04. The molecule has 1 aromatic rings. The zero-order valence-corrected chi connectivity index (χ0v) is 9.99. The number of nitrogens with zero attached hydrogens (tertiary/aromatic N) is 1. The van der Waals surface area contributed by atoms with Gasteiger partial charge in [-0.25, -0.2) is 0 Å². The minimum absolute atomic E-state index is 1.08. The van der Waals surface area contributed by atoms with E-state index in [0.717, 1.165) is 6.54 Å². The van der Waals surface area contributed by atoms with Crippen molar-refractivity contribution >= 4 is 5.71 Å². The predicted octanol–water partition coefficient (Wildman–Crippen LogP) is 4.02. The summed E-state index contributed by atoms with van der Waals surface area (Å²) in [5.74, 6) is 0. The lowest BCUT2D eigenvalue weighted by Gasteiger charge is -2.11. The second-order valence-electron chi connectivity index (χ2n) is 4.60. The van der Waals surface area contributed by atoms with Crippen molar-refractivity contribution in [2.45, 2.75) is 44.9 Å². The molecule has 1 nitrogen and oxygen atoms in total. The fourth-order valence-corrected chi connectivity index (χ4v) is 2.26. The summed E-state index contributed by atoms with van der Waals surface area (Å²) in [4.78, 5) is 4.59. The Morgan fingerprint density at radius 2 is 1.75 bits per heavy atom. The summed E-state index contributed by atoms with van der Waals surface area (Å²) in [5, 5.41) is 0. The van der Waals surface area contributed by atoms with Crippen LogP contribution >= 0.6 is 0 Å². The van der Waals surface area contributed by atoms with Gasteiger partial charge in [0.25, 0.3) is 0 Å². The quantitative estimate of drug-likeness (QED) is 0.658. The molecule has 0 bridgehead atoms. The van der Waals surface area contributed by atoms with E-state index in [2.05, 4.69) is 35.3 Å². The smallest absolute Gasteiger partial charge is 0.0388 e. The van der Waals surface area contributed by atoms with Crippen LogP contribution in [0.4, 0.5) is 0 Å². The van der Waals surface area contributed by atoms with Crippen molar-refractivity contribution in [1.29, 1.82) is 0 Å². The van der Waals surface area contributed by atoms with Gasteiger partial charge in [-0.15, -0.1) is 0 Å². The summed E-state index contributed by atoms with van der Waals surface area (Å²) in [6.07, 6.45) is 8.95. The van der Waals surface area contributed by atoms with Gasteiger partial charge >= 0.3 is 0 Å². The lowest BCUT2D eigenvalue weighted by Crippen LogP contribution is -2.05. The highest BCUT2D eigenvalue weighted by atomic mass is 14.7. The van der Waals surface area contributed by atoms with Gasteiger partial charge in [-0.2, -0.15) is 0 Å². The molecule has 0 aliphatic carbocycles. The van der Waals surface area contributed by atoms with Gasteiger partial charge in [0.05, 0.1) is 0 Å². The average molecular weight is 215 g/mol. The third-order valence-corrected chi connectivity index (χ3v) is 3.23. The maximum Gasteiger partial charge on any atom is 0.0388 e. The van der Waals surface area contributed by atoms with E-state index in [-0.39, 0.29) is 0 Å². The standard InChI is InChI=1S/C15H21N/c1-2-8-14(9-3-1)10-4-5-11-15-12-6-7-13-16-15/h1-3,8-9H,4-7,10-13H2. The molecule has 0 atom stereocenters. The van der Waals surface area contributed by atoms with Gasteiger partial charge in [-0.05, 0) is 50.5 Å². The van der Waals surface area contributed by atoms with Crippen LogP contribution in [0, 0.1) is 0 Å². The molecular weight excluding hydrogens is 194 g/mol. The first-order valence-electron chi connectivity index (χ1n) is 6.51. The monoisotopic (exact) mass is 215 g/mol. The van der Waals surface area contributed by atoms with Gasteiger partial charge in [0, 0.05) is 12.3 Å². The van der Waals surface area contributed by atoms with Crippen LogP contribution in [0.25, 0.3) is 0 Å². The highest BCUT2D eigenvalue weighted by molar-refractivity contribution is 5.84. The zero-order chi connectivity index (χ0) is 11.1. The topological polar surface area (TPSA) is 12.4 Å². The maximum absolute atomic E-state index is 4.59. The van der Waals surface area contributed by atoms with Gasteiger partial charge in [0.1, 0.15) is 0 Å². The minimum atomic E-state index is 1.08. The molecule has 1 heteroatoms. The Morgan fingerprint density at radius 1 is 0.938 bits per heavy atom. The molecule has 2 rings (SSSR count). The van der Waals surface area contributed by atoms with Crippen molar-refractivity contribution < 1.29 is 0 Å². The number of unbranched alkanes of at least 4 members (excludes halogenated alkanes) is 1. The number of rotatable bonds is 5. The van der Waals surface area contributed by atoms with Crippen LogP contribution in [0.15, 0.2) is 35.3 Å². The molecule has 0 amide bonds. The van der Waals surface area contributed by atoms with Crippen molar-refractivity contribution in [3.05, 3.63) is 35.9 Å². The molecule has 0 fully saturated rings. The van der Waals surface area contributed by atoms with Crippen molar-refractivity contribution in [1.82, 2.24) is 0 Å². The van der Waals surface area contributed by atoms with Crippen LogP contribution in [-0.2, 0) is 6.42 Å². The number of hydrogen-bond donors (Lipinski definition) is 0. The molecule has 0 N–H and O–H groups in total. The molecule has 0 aromatic heterocycles. The Kier molecular flexibility index (Phi) is 4.60. The van der Waals surface area contributed by atoms with Gasteiger partial charge in [-0.3, -0.25) is 4.99 Å². The van der Waals surface area contributed by atoms with E-state index in [1.165, 1.54) is 56.2 Å². The molecule has 0 spiro atoms. The molecule has 0 radical (unpaired) electrons. The number of hydrogen-bond acceptors (Lipinski definition) is 1. The number of benzene rings is 1. The lowest BCUT2D eigenvalue weighted by molar-refractivity contribution is 0.698. The van der Waals surface area contributed by atoms with Gasteiger partial charge < -0.3 is 0 Å². The summed E-state index contributed by atoms with van der Waals surface area (Å²) in [6, 6.07) is 10.8. The summed E-state index contributed by atoms with van der Waals surface area (Å²) < 4.78 is 0. The van der Waals surface area contributed by atoms with Crippen LogP contribution in [-0.4, -0.2) is 12.3 Å². The van der Waals surface area contributed by atoms with E-state index in [4.69, 9.17) is 0 Å². The minimum Gasteiger partial charge on any atom is -0.294 e. The van der Waals surface area contributed by atoms with Crippen LogP contribution < -0.4 is 0 Å². The van der Waals surface area contributed by atoms with Crippen LogP contribution in [0.5, 0.6) is 0 Å². The third-order valence-electron chi connectivity index (χ3n) is 3.23. The Balaban J connectivity index is 1.63. The van der Waals surface area contributed by atoms with Crippen molar-refractivity contribution in [2.24, 2.45) is 4.99 Å². The first kappa shape index (κ1) is 11.4. The maximum atomic E-state index is 4.59. The largest absolute Gasteiger partial charge is 0.294 e. The molecule has 0 saturated heterocycles. The van der Waals surface area contributed by atoms with Gasteiger partial charge in [0.15, 0.2) is 0 Å². The fourth-order valence-electron chi connectivity index (χ4n) is 2.26. The predicted molar refractivity (Wildman–Crippen MR) is 70.2 cm³/mol. The number of aliphatic imine (C=N–C) groups is 1. The first-order valence-corrected chi connectivity index (χ1v) is 6.51. The molecule has 1 aromatic carbocycles. The summed E-state index contributed by atoms with van der Waals surface area (Å²) in [7, 11) is 0. The Bertz CT molecular complexity index is 327. The first-order chi connectivity index (χ1) is 7.95. The molecule has 1 heterocycles.